The molecule has 19 heteroatoms. The number of nitrogens with zero attached hydrogens (tertiary/aromatic N) is 3. The lowest BCUT2D eigenvalue weighted by molar-refractivity contribution is -0.172. The molecular formula is C57H64N6O13. The highest BCUT2D eigenvalue weighted by Gasteiger charge is 2.50. The van der Waals surface area contributed by atoms with Crippen LogP contribution >= 0.6 is 0 Å². The molecule has 4 N–H and O–H groups in total. The number of imide groups is 1. The molecular weight excluding hydrogens is 977 g/mol. The first-order valence-corrected chi connectivity index (χ1v) is 26.1. The number of unbranched alkanes of at least 4 members (excludes halogenated alkanes) is 1. The summed E-state index contributed by atoms with van der Waals surface area (Å²) in [5, 5.41) is 20.4. The molecule has 5 aliphatic rings. The lowest BCUT2D eigenvalue weighted by Crippen LogP contribution is -2.49. The van der Waals surface area contributed by atoms with Crippen LogP contribution in [0.4, 0.5) is 0 Å². The lowest BCUT2D eigenvalue weighted by atomic mass is 9.76. The third-order valence-electron chi connectivity index (χ3n) is 15.3. The van der Waals surface area contributed by atoms with Gasteiger partial charge >= 0.3 is 11.9 Å². The van der Waals surface area contributed by atoms with Crippen LogP contribution in [0.25, 0.3) is 16.6 Å². The number of pyridine rings is 1. The molecule has 0 fully saturated rings. The first-order valence-electron chi connectivity index (χ1n) is 26.1. The Morgan fingerprint density at radius 1 is 0.908 bits per heavy atom. The summed E-state index contributed by atoms with van der Waals surface area (Å²) in [6.45, 7) is 7.43. The largest absolute Gasteiger partial charge is 0.387 e. The fraction of sp³-hybridized carbons (Fsp3) is 0.456. The van der Waals surface area contributed by atoms with Crippen molar-refractivity contribution in [3.05, 3.63) is 105 Å². The van der Waals surface area contributed by atoms with E-state index in [0.717, 1.165) is 50.0 Å². The van der Waals surface area contributed by atoms with Crippen LogP contribution in [0.5, 0.6) is 0 Å². The Labute approximate surface area is 439 Å². The van der Waals surface area contributed by atoms with Gasteiger partial charge in [0.25, 0.3) is 11.8 Å². The summed E-state index contributed by atoms with van der Waals surface area (Å²) >= 11 is 0. The second kappa shape index (κ2) is 23.6. The van der Waals surface area contributed by atoms with Gasteiger partial charge in [-0.1, -0.05) is 50.6 Å². The number of hydrogen-bond acceptors (Lipinski definition) is 15. The summed E-state index contributed by atoms with van der Waals surface area (Å²) in [6.07, 6.45) is 6.65. The Hall–Kier alpha value is -7.51. The molecule has 2 aromatic carbocycles. The topological polar surface area (TPSA) is 265 Å². The molecule has 400 valence electrons. The number of aliphatic hydroxyl groups is 1. The maximum absolute atomic E-state index is 13.7. The Bertz CT molecular complexity index is 3000. The number of fused-ring (bicyclic) bond motifs is 4. The lowest BCUT2D eigenvalue weighted by Gasteiger charge is -2.36. The highest BCUT2D eigenvalue weighted by atomic mass is 16.6. The van der Waals surface area contributed by atoms with Gasteiger partial charge in [-0.05, 0) is 98.2 Å². The Balaban J connectivity index is 0.802. The van der Waals surface area contributed by atoms with Crippen molar-refractivity contribution in [1.82, 2.24) is 30.7 Å². The number of carbonyl (C=O) groups is 10. The number of cyclic esters (lactones) is 2. The van der Waals surface area contributed by atoms with Gasteiger partial charge in [0.2, 0.25) is 17.7 Å². The zero-order chi connectivity index (χ0) is 54.4. The van der Waals surface area contributed by atoms with Gasteiger partial charge in [0.15, 0.2) is 23.0 Å². The van der Waals surface area contributed by atoms with Crippen LogP contribution in [0.3, 0.4) is 0 Å². The van der Waals surface area contributed by atoms with E-state index in [1.165, 1.54) is 17.7 Å². The molecule has 5 heterocycles. The number of rotatable bonds is 25. The standard InChI is InChI=1S/C57H64N6O13/c1-5-57(74)42-26-45-53-41(29-62(45)28-40(42)55(72)76-56(57)73)51-36(14-16-39-34(4)33(3)23-44(61-53)52(39)51)25-38(65)30-75-31-59-47(67)19-17-46(66)43(24-35-12-7-6-8-13-35)60-48(68)18-15-37(64)27-58-54(71)32(2)11-9-10-22-63-49(69)20-21-50(63)70/h6-8,12-13,20-21,23,26,32,36,43,74H,5,9-11,14-19,22,24-25,27-31H2,1-4H3,(H,58,71)(H,59,67)(H,60,68)/t32?,36-,43-,57-/m0/s1. The number of ketones is 3. The smallest absolute Gasteiger partial charge is 0.350 e. The van der Waals surface area contributed by atoms with Gasteiger partial charge in [-0.15, -0.1) is 0 Å². The number of nitrogens with one attached hydrogen (secondary N) is 3. The van der Waals surface area contributed by atoms with E-state index in [4.69, 9.17) is 14.5 Å². The highest BCUT2D eigenvalue weighted by molar-refractivity contribution is 6.13. The summed E-state index contributed by atoms with van der Waals surface area (Å²) in [5.74, 6) is -5.45. The van der Waals surface area contributed by atoms with Gasteiger partial charge in [-0.3, -0.25) is 43.3 Å². The predicted octanol–water partition coefficient (Wildman–Crippen LogP) is 3.90. The van der Waals surface area contributed by atoms with Crippen LogP contribution in [0.2, 0.25) is 0 Å². The third kappa shape index (κ3) is 11.9. The summed E-state index contributed by atoms with van der Waals surface area (Å²) in [4.78, 5) is 136. The number of amides is 5. The first kappa shape index (κ1) is 54.7. The molecule has 0 bridgehead atoms. The van der Waals surface area contributed by atoms with E-state index in [-0.39, 0.29) is 124 Å². The molecule has 8 rings (SSSR count). The Morgan fingerprint density at radius 2 is 1.64 bits per heavy atom. The number of aryl methyl sites for hydroxylation is 2. The van der Waals surface area contributed by atoms with E-state index in [1.54, 1.807) is 44.2 Å². The number of benzene rings is 2. The molecule has 19 nitrogen and oxygen atoms in total. The number of ether oxygens (including phenoxy) is 2. The number of hydrogen-bond donors (Lipinski definition) is 4. The second-order valence-corrected chi connectivity index (χ2v) is 20.4. The van der Waals surface area contributed by atoms with Gasteiger partial charge in [0, 0.05) is 79.8 Å². The van der Waals surface area contributed by atoms with Crippen molar-refractivity contribution in [2.24, 2.45) is 5.92 Å². The van der Waals surface area contributed by atoms with E-state index in [1.807, 2.05) is 24.0 Å². The van der Waals surface area contributed by atoms with Crippen LogP contribution < -0.4 is 16.0 Å². The monoisotopic (exact) mass is 1040 g/mol. The zero-order valence-corrected chi connectivity index (χ0v) is 43.3. The minimum Gasteiger partial charge on any atom is -0.387 e. The molecule has 1 aliphatic carbocycles. The van der Waals surface area contributed by atoms with E-state index < -0.39 is 47.1 Å². The van der Waals surface area contributed by atoms with Crippen molar-refractivity contribution in [1.29, 1.82) is 0 Å². The SMILES string of the molecule is CC[C@@]1(O)C(=O)OC(=O)C2=C1C=C1c3nc4cc(C)c(C)c5c4c(c3CN1C2)[C@H](CC(=O)COCNC(=O)CCC(=O)[C@H](Cc1ccccc1)NC(=O)CCC(=O)CNC(=O)C(C)CCCCN1C(=O)C=CC1=O)CC5. The first-order chi connectivity index (χ1) is 36.4. The second-order valence-electron chi connectivity index (χ2n) is 20.4. The van der Waals surface area contributed by atoms with Crippen molar-refractivity contribution in [2.45, 2.75) is 129 Å². The number of aromatic nitrogens is 1. The molecule has 0 saturated carbocycles. The number of esters is 2. The van der Waals surface area contributed by atoms with Crippen LogP contribution in [-0.4, -0.2) is 123 Å². The quantitative estimate of drug-likeness (QED) is 0.0308. The summed E-state index contributed by atoms with van der Waals surface area (Å²) in [6, 6.07) is 10.1. The van der Waals surface area contributed by atoms with Gasteiger partial charge in [0.1, 0.15) is 13.3 Å². The van der Waals surface area contributed by atoms with Crippen LogP contribution in [0.1, 0.15) is 123 Å². The van der Waals surface area contributed by atoms with Crippen LogP contribution in [0.15, 0.2) is 65.8 Å². The van der Waals surface area contributed by atoms with Crippen molar-refractivity contribution in [3.8, 4) is 0 Å². The van der Waals surface area contributed by atoms with Crippen molar-refractivity contribution in [3.63, 3.8) is 0 Å². The van der Waals surface area contributed by atoms with Crippen LogP contribution in [-0.2, 0) is 76.8 Å². The molecule has 5 amide bonds. The molecule has 0 saturated heterocycles. The Morgan fingerprint density at radius 3 is 2.38 bits per heavy atom. The molecule has 4 aliphatic heterocycles. The summed E-state index contributed by atoms with van der Waals surface area (Å²) < 4.78 is 10.6. The van der Waals surface area contributed by atoms with Gasteiger partial charge in [0.05, 0.1) is 41.6 Å². The molecule has 0 radical (unpaired) electrons. The number of carbonyl (C=O) groups excluding carboxylic acids is 10. The van der Waals surface area contributed by atoms with Crippen molar-refractivity contribution >= 4 is 75.4 Å². The minimum atomic E-state index is -1.98. The number of Topliss-reactive ketones (excluding diaryl/α,β-unsaturated/α-hetero) is 3. The Kier molecular flexibility index (Phi) is 17.0. The van der Waals surface area contributed by atoms with Crippen molar-refractivity contribution in [2.75, 3.05) is 33.0 Å². The van der Waals surface area contributed by atoms with Gasteiger partial charge in [-0.25, -0.2) is 14.6 Å². The van der Waals surface area contributed by atoms with E-state index in [9.17, 15) is 53.1 Å². The fourth-order valence-electron chi connectivity index (χ4n) is 10.8. The normalized spacial score (nSPS) is 19.2. The third-order valence-corrected chi connectivity index (χ3v) is 15.3. The molecule has 1 aromatic heterocycles. The molecule has 3 aromatic rings. The molecule has 4 atom stereocenters. The van der Waals surface area contributed by atoms with E-state index in [0.29, 0.717) is 43.6 Å². The zero-order valence-electron chi connectivity index (χ0n) is 43.3. The van der Waals surface area contributed by atoms with Gasteiger partial charge < -0.3 is 35.4 Å². The van der Waals surface area contributed by atoms with E-state index >= 15 is 0 Å². The average molecular weight is 1040 g/mol. The van der Waals surface area contributed by atoms with Crippen molar-refractivity contribution < 1.29 is 62.5 Å². The minimum absolute atomic E-state index is 0.0138. The summed E-state index contributed by atoms with van der Waals surface area (Å²) in [5.41, 5.74) is 6.72. The maximum atomic E-state index is 13.7. The molecule has 76 heavy (non-hydrogen) atoms. The summed E-state index contributed by atoms with van der Waals surface area (Å²) in [7, 11) is 0. The van der Waals surface area contributed by atoms with Gasteiger partial charge in [-0.2, -0.15) is 0 Å². The fourth-order valence-corrected chi connectivity index (χ4v) is 10.8. The molecule has 0 spiro atoms. The van der Waals surface area contributed by atoms with Crippen LogP contribution in [0, 0.1) is 19.8 Å². The predicted molar refractivity (Wildman–Crippen MR) is 275 cm³/mol. The average Bonchev–Trinajstić information content (AvgIpc) is 4.01. The van der Waals surface area contributed by atoms with E-state index in [2.05, 4.69) is 22.9 Å². The molecule has 1 unspecified atom stereocenters. The maximum Gasteiger partial charge on any atom is 0.350 e. The highest BCUT2D eigenvalue weighted by Crippen LogP contribution is 2.49.